The van der Waals surface area contributed by atoms with Gasteiger partial charge in [-0.05, 0) is 24.3 Å². The van der Waals surface area contributed by atoms with E-state index in [1.54, 1.807) is 18.0 Å². The zero-order chi connectivity index (χ0) is 11.9. The lowest BCUT2D eigenvalue weighted by atomic mass is 10.1. The largest absolute Gasteiger partial charge is 0.370 e. The van der Waals surface area contributed by atoms with E-state index < -0.39 is 0 Å². The summed E-state index contributed by atoms with van der Waals surface area (Å²) in [5.74, 6) is 0.889. The van der Waals surface area contributed by atoms with Gasteiger partial charge in [-0.1, -0.05) is 42.1 Å². The predicted octanol–water partition coefficient (Wildman–Crippen LogP) is 2.85. The van der Waals surface area contributed by atoms with Gasteiger partial charge in [0.05, 0.1) is 0 Å². The quantitative estimate of drug-likeness (QED) is 0.649. The first-order valence-electron chi connectivity index (χ1n) is 5.53. The number of benzene rings is 1. The Morgan fingerprint density at radius 1 is 1.18 bits per heavy atom. The molecule has 0 aliphatic rings. The molecule has 0 aliphatic carbocycles. The minimum atomic E-state index is 0.801. The molecule has 1 heterocycles. The minimum absolute atomic E-state index is 0.801. The summed E-state index contributed by atoms with van der Waals surface area (Å²) in [6.07, 6.45) is 4.76. The van der Waals surface area contributed by atoms with Crippen molar-refractivity contribution in [1.82, 2.24) is 9.97 Å². The van der Waals surface area contributed by atoms with E-state index in [4.69, 9.17) is 0 Å². The maximum atomic E-state index is 4.36. The van der Waals surface area contributed by atoms with Gasteiger partial charge in [0.1, 0.15) is 5.82 Å². The van der Waals surface area contributed by atoms with Gasteiger partial charge in [-0.3, -0.25) is 0 Å². The average Bonchev–Trinajstić information content (AvgIpc) is 2.40. The minimum Gasteiger partial charge on any atom is -0.370 e. The van der Waals surface area contributed by atoms with Gasteiger partial charge < -0.3 is 5.32 Å². The van der Waals surface area contributed by atoms with Gasteiger partial charge >= 0.3 is 0 Å². The first-order valence-corrected chi connectivity index (χ1v) is 6.76. The molecule has 17 heavy (non-hydrogen) atoms. The molecule has 1 N–H and O–H groups in total. The lowest BCUT2D eigenvalue weighted by molar-refractivity contribution is 0.941. The second-order valence-corrected chi connectivity index (χ2v) is 4.36. The highest BCUT2D eigenvalue weighted by atomic mass is 32.2. The third kappa shape index (κ3) is 3.75. The Morgan fingerprint density at radius 3 is 2.76 bits per heavy atom. The molecule has 0 spiro atoms. The maximum Gasteiger partial charge on any atom is 0.189 e. The van der Waals surface area contributed by atoms with Crippen LogP contribution in [-0.2, 0) is 6.42 Å². The molecule has 0 amide bonds. The third-order valence-corrected chi connectivity index (χ3v) is 2.94. The highest BCUT2D eigenvalue weighted by Crippen LogP contribution is 2.10. The van der Waals surface area contributed by atoms with Gasteiger partial charge in [0.25, 0.3) is 0 Å². The Morgan fingerprint density at radius 2 is 2.00 bits per heavy atom. The summed E-state index contributed by atoms with van der Waals surface area (Å²) in [6, 6.07) is 12.3. The van der Waals surface area contributed by atoms with Gasteiger partial charge in [-0.25, -0.2) is 9.97 Å². The van der Waals surface area contributed by atoms with E-state index >= 15 is 0 Å². The van der Waals surface area contributed by atoms with Crippen LogP contribution in [0.5, 0.6) is 0 Å². The second kappa shape index (κ2) is 6.25. The molecule has 0 fully saturated rings. The van der Waals surface area contributed by atoms with Crippen molar-refractivity contribution >= 4 is 17.6 Å². The fraction of sp³-hybridized carbons (Fsp3) is 0.231. The topological polar surface area (TPSA) is 37.8 Å². The number of hydrogen-bond donors (Lipinski definition) is 1. The van der Waals surface area contributed by atoms with Crippen molar-refractivity contribution in [3.8, 4) is 0 Å². The van der Waals surface area contributed by atoms with Crippen LogP contribution in [0.2, 0.25) is 0 Å². The van der Waals surface area contributed by atoms with Crippen LogP contribution in [-0.4, -0.2) is 22.8 Å². The van der Waals surface area contributed by atoms with Crippen molar-refractivity contribution < 1.29 is 0 Å². The lowest BCUT2D eigenvalue weighted by Gasteiger charge is -2.06. The van der Waals surface area contributed by atoms with Crippen molar-refractivity contribution in [2.45, 2.75) is 11.6 Å². The van der Waals surface area contributed by atoms with Crippen LogP contribution in [0.15, 0.2) is 47.8 Å². The van der Waals surface area contributed by atoms with Crippen LogP contribution in [0.25, 0.3) is 0 Å². The van der Waals surface area contributed by atoms with Gasteiger partial charge in [-0.2, -0.15) is 0 Å². The lowest BCUT2D eigenvalue weighted by Crippen LogP contribution is -2.06. The number of hydrogen-bond acceptors (Lipinski definition) is 4. The number of aromatic nitrogens is 2. The standard InChI is InChI=1S/C13H15N3S/c1-17-13-15-10-8-12(16-13)14-9-7-11-5-3-2-4-6-11/h2-6,8,10H,7,9H2,1H3,(H,14,15,16). The molecule has 1 aromatic carbocycles. The molecule has 4 heteroatoms. The van der Waals surface area contributed by atoms with Crippen LogP contribution >= 0.6 is 11.8 Å². The van der Waals surface area contributed by atoms with E-state index in [9.17, 15) is 0 Å². The molecule has 0 atom stereocenters. The molecular weight excluding hydrogens is 230 g/mol. The summed E-state index contributed by atoms with van der Waals surface area (Å²) in [4.78, 5) is 8.50. The summed E-state index contributed by atoms with van der Waals surface area (Å²) >= 11 is 1.55. The molecular formula is C13H15N3S. The zero-order valence-electron chi connectivity index (χ0n) is 9.76. The van der Waals surface area contributed by atoms with Crippen molar-refractivity contribution in [3.63, 3.8) is 0 Å². The highest BCUT2D eigenvalue weighted by Gasteiger charge is 1.97. The summed E-state index contributed by atoms with van der Waals surface area (Å²) in [6.45, 7) is 0.884. The molecule has 0 saturated carbocycles. The van der Waals surface area contributed by atoms with Crippen molar-refractivity contribution in [2.24, 2.45) is 0 Å². The van der Waals surface area contributed by atoms with Crippen LogP contribution in [0.3, 0.4) is 0 Å². The number of rotatable bonds is 5. The number of anilines is 1. The molecule has 0 bridgehead atoms. The fourth-order valence-corrected chi connectivity index (χ4v) is 1.87. The van der Waals surface area contributed by atoms with Crippen molar-refractivity contribution in [3.05, 3.63) is 48.2 Å². The third-order valence-electron chi connectivity index (χ3n) is 2.38. The van der Waals surface area contributed by atoms with Crippen molar-refractivity contribution in [2.75, 3.05) is 18.1 Å². The molecule has 3 nitrogen and oxygen atoms in total. The molecule has 2 aromatic rings. The maximum absolute atomic E-state index is 4.36. The van der Waals surface area contributed by atoms with E-state index in [1.165, 1.54) is 5.56 Å². The van der Waals surface area contributed by atoms with E-state index in [0.717, 1.165) is 23.9 Å². The van der Waals surface area contributed by atoms with E-state index in [-0.39, 0.29) is 0 Å². The van der Waals surface area contributed by atoms with Crippen LogP contribution in [0.4, 0.5) is 5.82 Å². The van der Waals surface area contributed by atoms with Gasteiger partial charge in [0.2, 0.25) is 0 Å². The molecule has 88 valence electrons. The Balaban J connectivity index is 1.86. The second-order valence-electron chi connectivity index (χ2n) is 3.59. The predicted molar refractivity (Wildman–Crippen MR) is 72.4 cm³/mol. The Labute approximate surface area is 106 Å². The number of thioether (sulfide) groups is 1. The Hall–Kier alpha value is -1.55. The SMILES string of the molecule is CSc1nccc(NCCc2ccccc2)n1. The van der Waals surface area contributed by atoms with Crippen LogP contribution in [0, 0.1) is 0 Å². The Kier molecular flexibility index (Phi) is 4.38. The molecule has 0 unspecified atom stereocenters. The Bertz CT molecular complexity index is 459. The molecule has 2 rings (SSSR count). The zero-order valence-corrected chi connectivity index (χ0v) is 10.6. The van der Waals surface area contributed by atoms with Gasteiger partial charge in [0, 0.05) is 12.7 Å². The van der Waals surface area contributed by atoms with Crippen molar-refractivity contribution in [1.29, 1.82) is 0 Å². The highest BCUT2D eigenvalue weighted by molar-refractivity contribution is 7.98. The van der Waals surface area contributed by atoms with Crippen LogP contribution < -0.4 is 5.32 Å². The fourth-order valence-electron chi connectivity index (χ4n) is 1.52. The first kappa shape index (κ1) is 11.9. The van der Waals surface area contributed by atoms with Gasteiger partial charge in [-0.15, -0.1) is 0 Å². The summed E-state index contributed by atoms with van der Waals surface area (Å²) in [7, 11) is 0. The number of nitrogens with zero attached hydrogens (tertiary/aromatic N) is 2. The van der Waals surface area contributed by atoms with E-state index in [1.807, 2.05) is 18.4 Å². The molecule has 0 aliphatic heterocycles. The monoisotopic (exact) mass is 245 g/mol. The van der Waals surface area contributed by atoms with E-state index in [2.05, 4.69) is 39.6 Å². The summed E-state index contributed by atoms with van der Waals surface area (Å²) < 4.78 is 0. The summed E-state index contributed by atoms with van der Waals surface area (Å²) in [5, 5.41) is 4.10. The number of nitrogens with one attached hydrogen (secondary N) is 1. The molecule has 0 radical (unpaired) electrons. The summed E-state index contributed by atoms with van der Waals surface area (Å²) in [5.41, 5.74) is 1.33. The van der Waals surface area contributed by atoms with Gasteiger partial charge in [0.15, 0.2) is 5.16 Å². The average molecular weight is 245 g/mol. The molecule has 1 aromatic heterocycles. The van der Waals surface area contributed by atoms with Crippen LogP contribution in [0.1, 0.15) is 5.56 Å². The first-order chi connectivity index (χ1) is 8.38. The van der Waals surface area contributed by atoms with E-state index in [0.29, 0.717) is 0 Å². The normalized spacial score (nSPS) is 10.2. The smallest absolute Gasteiger partial charge is 0.189 e. The molecule has 0 saturated heterocycles.